The van der Waals surface area contributed by atoms with E-state index in [2.05, 4.69) is 0 Å². The molecule has 182 valence electrons. The van der Waals surface area contributed by atoms with E-state index in [1.54, 1.807) is 60.7 Å². The molecule has 0 saturated carbocycles. The zero-order chi connectivity index (χ0) is 25.0. The van der Waals surface area contributed by atoms with Crippen LogP contribution >= 0.6 is 0 Å². The van der Waals surface area contributed by atoms with Crippen molar-refractivity contribution in [1.29, 1.82) is 0 Å². The van der Waals surface area contributed by atoms with Gasteiger partial charge >= 0.3 is 5.97 Å². The lowest BCUT2D eigenvalue weighted by Crippen LogP contribution is -2.48. The fourth-order valence-corrected chi connectivity index (χ4v) is 5.73. The molecule has 0 aliphatic carbocycles. The van der Waals surface area contributed by atoms with Gasteiger partial charge in [0.1, 0.15) is 0 Å². The minimum absolute atomic E-state index is 0.0149. The molecule has 0 spiro atoms. The summed E-state index contributed by atoms with van der Waals surface area (Å²) in [5, 5.41) is 0. The second-order valence-electron chi connectivity index (χ2n) is 8.53. The summed E-state index contributed by atoms with van der Waals surface area (Å²) in [6, 6.07) is 23.0. The SMILES string of the molecule is C[C@@H]1CN(S(=O)(=O)c2cccc(C(=O)O[C@H](C(=O)c3ccccc3)c3ccccc3)c2)C[C@H](C)O1. The summed E-state index contributed by atoms with van der Waals surface area (Å²) >= 11 is 0. The molecule has 7 nitrogen and oxygen atoms in total. The summed E-state index contributed by atoms with van der Waals surface area (Å²) in [6.07, 6.45) is -1.65. The summed E-state index contributed by atoms with van der Waals surface area (Å²) in [7, 11) is -3.85. The number of carbonyl (C=O) groups excluding carboxylic acids is 2. The van der Waals surface area contributed by atoms with Gasteiger partial charge in [-0.05, 0) is 32.0 Å². The number of nitrogens with zero attached hydrogens (tertiary/aromatic N) is 1. The maximum Gasteiger partial charge on any atom is 0.339 e. The minimum atomic E-state index is -3.85. The van der Waals surface area contributed by atoms with Crippen LogP contribution in [0.15, 0.2) is 89.8 Å². The molecule has 0 aromatic heterocycles. The lowest BCUT2D eigenvalue weighted by atomic mass is 10.00. The highest BCUT2D eigenvalue weighted by molar-refractivity contribution is 7.89. The molecular weight excluding hydrogens is 466 g/mol. The Bertz CT molecular complexity index is 1280. The third kappa shape index (κ3) is 5.67. The smallest absolute Gasteiger partial charge is 0.339 e. The number of ketones is 1. The van der Waals surface area contributed by atoms with E-state index in [0.29, 0.717) is 11.1 Å². The first-order chi connectivity index (χ1) is 16.8. The van der Waals surface area contributed by atoms with Crippen molar-refractivity contribution in [2.45, 2.75) is 37.1 Å². The highest BCUT2D eigenvalue weighted by Crippen LogP contribution is 2.26. The number of morpholine rings is 1. The van der Waals surface area contributed by atoms with Gasteiger partial charge in [-0.1, -0.05) is 66.7 Å². The van der Waals surface area contributed by atoms with Crippen molar-refractivity contribution >= 4 is 21.8 Å². The van der Waals surface area contributed by atoms with E-state index < -0.39 is 22.1 Å². The third-order valence-electron chi connectivity index (χ3n) is 5.72. The summed E-state index contributed by atoms with van der Waals surface area (Å²) in [5.74, 6) is -1.16. The Hall–Kier alpha value is -3.33. The highest BCUT2D eigenvalue weighted by Gasteiger charge is 2.33. The topological polar surface area (TPSA) is 90.0 Å². The molecular formula is C27H27NO6S. The molecule has 1 aliphatic rings. The molecule has 35 heavy (non-hydrogen) atoms. The quantitative estimate of drug-likeness (QED) is 0.361. The molecule has 0 amide bonds. The molecule has 4 rings (SSSR count). The van der Waals surface area contributed by atoms with Crippen LogP contribution in [0.3, 0.4) is 0 Å². The van der Waals surface area contributed by atoms with Crippen molar-refractivity contribution in [2.24, 2.45) is 0 Å². The van der Waals surface area contributed by atoms with Crippen LogP contribution in [0, 0.1) is 0 Å². The van der Waals surface area contributed by atoms with Crippen LogP contribution in [-0.4, -0.2) is 49.8 Å². The van der Waals surface area contributed by atoms with Crippen molar-refractivity contribution in [3.63, 3.8) is 0 Å². The van der Waals surface area contributed by atoms with Crippen molar-refractivity contribution < 1.29 is 27.5 Å². The van der Waals surface area contributed by atoms with Gasteiger partial charge in [0.05, 0.1) is 22.7 Å². The first-order valence-electron chi connectivity index (χ1n) is 11.4. The molecule has 1 fully saturated rings. The van der Waals surface area contributed by atoms with Crippen LogP contribution in [0.4, 0.5) is 0 Å². The van der Waals surface area contributed by atoms with E-state index in [1.807, 2.05) is 13.8 Å². The number of hydrogen-bond donors (Lipinski definition) is 0. The largest absolute Gasteiger partial charge is 0.445 e. The molecule has 3 atom stereocenters. The first kappa shape index (κ1) is 24.8. The average Bonchev–Trinajstić information content (AvgIpc) is 2.87. The van der Waals surface area contributed by atoms with Crippen LogP contribution in [0.2, 0.25) is 0 Å². The van der Waals surface area contributed by atoms with Gasteiger partial charge in [-0.25, -0.2) is 13.2 Å². The van der Waals surface area contributed by atoms with E-state index in [1.165, 1.54) is 28.6 Å². The maximum absolute atomic E-state index is 13.3. The van der Waals surface area contributed by atoms with Crippen molar-refractivity contribution in [2.75, 3.05) is 13.1 Å². The predicted molar refractivity (Wildman–Crippen MR) is 131 cm³/mol. The van der Waals surface area contributed by atoms with Gasteiger partial charge < -0.3 is 9.47 Å². The Kier molecular flexibility index (Phi) is 7.45. The Morgan fingerprint density at radius 2 is 1.43 bits per heavy atom. The first-order valence-corrected chi connectivity index (χ1v) is 12.8. The van der Waals surface area contributed by atoms with E-state index in [-0.39, 0.29) is 41.5 Å². The van der Waals surface area contributed by atoms with E-state index >= 15 is 0 Å². The van der Waals surface area contributed by atoms with E-state index in [0.717, 1.165) is 0 Å². The third-order valence-corrected chi connectivity index (χ3v) is 7.54. The van der Waals surface area contributed by atoms with E-state index in [9.17, 15) is 18.0 Å². The van der Waals surface area contributed by atoms with Crippen LogP contribution < -0.4 is 0 Å². The van der Waals surface area contributed by atoms with Crippen molar-refractivity contribution in [1.82, 2.24) is 4.31 Å². The number of hydrogen-bond acceptors (Lipinski definition) is 6. The molecule has 1 heterocycles. The molecule has 3 aromatic rings. The molecule has 0 radical (unpaired) electrons. The number of rotatable bonds is 7. The molecule has 0 unspecified atom stereocenters. The lowest BCUT2D eigenvalue weighted by Gasteiger charge is -2.34. The fourth-order valence-electron chi connectivity index (χ4n) is 4.09. The van der Waals surface area contributed by atoms with Crippen molar-refractivity contribution in [3.8, 4) is 0 Å². The summed E-state index contributed by atoms with van der Waals surface area (Å²) in [6.45, 7) is 4.09. The zero-order valence-corrected chi connectivity index (χ0v) is 20.4. The predicted octanol–water partition coefficient (Wildman–Crippen LogP) is 4.27. The van der Waals surface area contributed by atoms with E-state index in [4.69, 9.17) is 9.47 Å². The molecule has 1 aliphatic heterocycles. The molecule has 3 aromatic carbocycles. The number of Topliss-reactive ketones (excluding diaryl/α,β-unsaturated/α-hetero) is 1. The Labute approximate surface area is 205 Å². The van der Waals surface area contributed by atoms with Gasteiger partial charge in [-0.2, -0.15) is 4.31 Å². The zero-order valence-electron chi connectivity index (χ0n) is 19.5. The van der Waals surface area contributed by atoms with Gasteiger partial charge in [0.25, 0.3) is 0 Å². The van der Waals surface area contributed by atoms with Crippen LogP contribution in [0.5, 0.6) is 0 Å². The molecule has 1 saturated heterocycles. The van der Waals surface area contributed by atoms with Gasteiger partial charge in [-0.15, -0.1) is 0 Å². The van der Waals surface area contributed by atoms with Gasteiger partial charge in [0, 0.05) is 24.2 Å². The number of carbonyl (C=O) groups is 2. The Morgan fingerprint density at radius 1 is 0.857 bits per heavy atom. The van der Waals surface area contributed by atoms with Crippen LogP contribution in [0.25, 0.3) is 0 Å². The van der Waals surface area contributed by atoms with Gasteiger partial charge in [0.15, 0.2) is 6.10 Å². The van der Waals surface area contributed by atoms with Gasteiger partial charge in [0.2, 0.25) is 15.8 Å². The average molecular weight is 494 g/mol. The summed E-state index contributed by atoms with van der Waals surface area (Å²) in [4.78, 5) is 26.3. The van der Waals surface area contributed by atoms with Crippen LogP contribution in [0.1, 0.15) is 46.2 Å². The maximum atomic E-state index is 13.3. The fraction of sp³-hybridized carbons (Fsp3) is 0.259. The monoisotopic (exact) mass is 493 g/mol. The van der Waals surface area contributed by atoms with Crippen molar-refractivity contribution in [3.05, 3.63) is 102 Å². The lowest BCUT2D eigenvalue weighted by molar-refractivity contribution is -0.0440. The molecule has 0 N–H and O–H groups in total. The number of sulfonamides is 1. The number of ether oxygens (including phenoxy) is 2. The highest BCUT2D eigenvalue weighted by atomic mass is 32.2. The second kappa shape index (κ2) is 10.5. The standard InChI is InChI=1S/C27H27NO6S/c1-19-17-28(18-20(2)33-19)35(31,32)24-15-9-14-23(16-24)27(30)34-26(22-12-7-4-8-13-22)25(29)21-10-5-3-6-11-21/h3-16,19-20,26H,17-18H2,1-2H3/t19-,20+,26-/m0/s1. The van der Waals surface area contributed by atoms with Crippen LogP contribution in [-0.2, 0) is 19.5 Å². The minimum Gasteiger partial charge on any atom is -0.445 e. The second-order valence-corrected chi connectivity index (χ2v) is 10.5. The van der Waals surface area contributed by atoms with Gasteiger partial charge in [-0.3, -0.25) is 4.79 Å². The normalized spacial score (nSPS) is 19.6. The molecule has 0 bridgehead atoms. The number of benzene rings is 3. The summed E-state index contributed by atoms with van der Waals surface area (Å²) < 4.78 is 39.2. The Balaban J connectivity index is 1.61. The number of esters is 1. The Morgan fingerprint density at radius 3 is 2.06 bits per heavy atom. The molecule has 8 heteroatoms. The summed E-state index contributed by atoms with van der Waals surface area (Å²) in [5.41, 5.74) is 0.970.